The molecule has 6 heteroatoms. The Morgan fingerprint density at radius 3 is 2.93 bits per heavy atom. The SMILES string of the molecule is CN(CCCCc1ccco1)C(=O)CCCOc1ccc2c(c1)NC(=O)CC2. The fourth-order valence-corrected chi connectivity index (χ4v) is 3.27. The van der Waals surface area contributed by atoms with Crippen LogP contribution in [0.5, 0.6) is 5.75 Å². The summed E-state index contributed by atoms with van der Waals surface area (Å²) in [6, 6.07) is 9.65. The number of unbranched alkanes of at least 4 members (excludes halogenated alkanes) is 1. The van der Waals surface area contributed by atoms with Crippen LogP contribution in [0.15, 0.2) is 41.0 Å². The molecule has 0 unspecified atom stereocenters. The van der Waals surface area contributed by atoms with Crippen LogP contribution in [0.3, 0.4) is 0 Å². The lowest BCUT2D eigenvalue weighted by atomic mass is 10.0. The van der Waals surface area contributed by atoms with E-state index in [2.05, 4.69) is 5.32 Å². The first-order valence-corrected chi connectivity index (χ1v) is 9.94. The molecule has 2 amide bonds. The molecule has 0 saturated carbocycles. The molecule has 1 aromatic heterocycles. The van der Waals surface area contributed by atoms with Gasteiger partial charge in [-0.1, -0.05) is 6.07 Å². The second-order valence-corrected chi connectivity index (χ2v) is 7.17. The minimum Gasteiger partial charge on any atom is -0.494 e. The van der Waals surface area contributed by atoms with Gasteiger partial charge in [-0.25, -0.2) is 0 Å². The fraction of sp³-hybridized carbons (Fsp3) is 0.455. The summed E-state index contributed by atoms with van der Waals surface area (Å²) >= 11 is 0. The van der Waals surface area contributed by atoms with E-state index in [9.17, 15) is 9.59 Å². The third-order valence-electron chi connectivity index (χ3n) is 4.95. The Balaban J connectivity index is 1.30. The van der Waals surface area contributed by atoms with E-state index < -0.39 is 0 Å². The first-order valence-electron chi connectivity index (χ1n) is 9.94. The Morgan fingerprint density at radius 1 is 1.21 bits per heavy atom. The third kappa shape index (κ3) is 5.87. The number of rotatable bonds is 10. The van der Waals surface area contributed by atoms with Gasteiger partial charge in [0.05, 0.1) is 12.9 Å². The van der Waals surface area contributed by atoms with Crippen LogP contribution in [0.25, 0.3) is 0 Å². The molecule has 6 nitrogen and oxygen atoms in total. The Labute approximate surface area is 165 Å². The second kappa shape index (κ2) is 9.97. The molecule has 0 atom stereocenters. The fourth-order valence-electron chi connectivity index (χ4n) is 3.27. The van der Waals surface area contributed by atoms with Crippen LogP contribution in [0.4, 0.5) is 5.69 Å². The molecule has 150 valence electrons. The summed E-state index contributed by atoms with van der Waals surface area (Å²) in [5.74, 6) is 1.90. The van der Waals surface area contributed by atoms with Crippen molar-refractivity contribution in [3.05, 3.63) is 47.9 Å². The number of carbonyl (C=O) groups excluding carboxylic acids is 2. The zero-order chi connectivity index (χ0) is 19.8. The molecule has 0 aliphatic carbocycles. The Kier molecular flexibility index (Phi) is 7.12. The summed E-state index contributed by atoms with van der Waals surface area (Å²) in [5.41, 5.74) is 1.97. The van der Waals surface area contributed by atoms with Crippen molar-refractivity contribution < 1.29 is 18.7 Å². The van der Waals surface area contributed by atoms with Gasteiger partial charge < -0.3 is 19.4 Å². The molecule has 0 spiro atoms. The van der Waals surface area contributed by atoms with Crippen molar-refractivity contribution in [2.24, 2.45) is 0 Å². The molecule has 2 heterocycles. The largest absolute Gasteiger partial charge is 0.494 e. The monoisotopic (exact) mass is 384 g/mol. The van der Waals surface area contributed by atoms with E-state index >= 15 is 0 Å². The highest BCUT2D eigenvalue weighted by atomic mass is 16.5. The van der Waals surface area contributed by atoms with Crippen LogP contribution in [0, 0.1) is 0 Å². The van der Waals surface area contributed by atoms with Crippen LogP contribution < -0.4 is 10.1 Å². The highest BCUT2D eigenvalue weighted by Gasteiger charge is 2.15. The van der Waals surface area contributed by atoms with Crippen LogP contribution in [-0.4, -0.2) is 36.9 Å². The van der Waals surface area contributed by atoms with Crippen LogP contribution >= 0.6 is 0 Å². The van der Waals surface area contributed by atoms with Gasteiger partial charge in [-0.2, -0.15) is 0 Å². The number of hydrogen-bond acceptors (Lipinski definition) is 4. The van der Waals surface area contributed by atoms with Crippen molar-refractivity contribution in [3.63, 3.8) is 0 Å². The smallest absolute Gasteiger partial charge is 0.224 e. The van der Waals surface area contributed by atoms with Gasteiger partial charge >= 0.3 is 0 Å². The summed E-state index contributed by atoms with van der Waals surface area (Å²) in [6.07, 6.45) is 6.99. The zero-order valence-electron chi connectivity index (χ0n) is 16.4. The van der Waals surface area contributed by atoms with E-state index in [1.165, 1.54) is 0 Å². The maximum absolute atomic E-state index is 12.2. The lowest BCUT2D eigenvalue weighted by molar-refractivity contribution is -0.130. The van der Waals surface area contributed by atoms with Gasteiger partial charge in [0.25, 0.3) is 0 Å². The predicted octanol–water partition coefficient (Wildman–Crippen LogP) is 3.80. The molecule has 28 heavy (non-hydrogen) atoms. The lowest BCUT2D eigenvalue weighted by Gasteiger charge is -2.18. The number of carbonyl (C=O) groups is 2. The summed E-state index contributed by atoms with van der Waals surface area (Å²) in [5, 5.41) is 2.87. The molecule has 0 radical (unpaired) electrons. The maximum atomic E-state index is 12.2. The van der Waals surface area contributed by atoms with Crippen molar-refractivity contribution in [1.82, 2.24) is 4.90 Å². The standard InChI is InChI=1S/C22H28N2O4/c1-24(13-3-2-6-18-7-4-14-27-18)22(26)8-5-15-28-19-11-9-17-10-12-21(25)23-20(17)16-19/h4,7,9,11,14,16H,2-3,5-6,8,10,12-13,15H2,1H3,(H,23,25). The van der Waals surface area contributed by atoms with E-state index in [1.54, 1.807) is 11.2 Å². The number of ether oxygens (including phenoxy) is 1. The number of nitrogens with zero attached hydrogens (tertiary/aromatic N) is 1. The Hall–Kier alpha value is -2.76. The molecule has 0 bridgehead atoms. The van der Waals surface area contributed by atoms with E-state index in [4.69, 9.17) is 9.15 Å². The topological polar surface area (TPSA) is 71.8 Å². The quantitative estimate of drug-likeness (QED) is 0.633. The number of anilines is 1. The van der Waals surface area contributed by atoms with E-state index in [-0.39, 0.29) is 11.8 Å². The number of aryl methyl sites for hydroxylation is 2. The summed E-state index contributed by atoms with van der Waals surface area (Å²) in [6.45, 7) is 1.23. The van der Waals surface area contributed by atoms with Gasteiger partial charge in [0, 0.05) is 44.6 Å². The first kappa shape index (κ1) is 20.0. The number of furan rings is 1. The Morgan fingerprint density at radius 2 is 2.11 bits per heavy atom. The van der Waals surface area contributed by atoms with Gasteiger partial charge in [0.1, 0.15) is 11.5 Å². The molecule has 1 aliphatic heterocycles. The minimum atomic E-state index is 0.0439. The summed E-state index contributed by atoms with van der Waals surface area (Å²) in [4.78, 5) is 25.5. The molecular weight excluding hydrogens is 356 g/mol. The molecule has 0 saturated heterocycles. The average Bonchev–Trinajstić information content (AvgIpc) is 3.21. The normalized spacial score (nSPS) is 13.0. The molecule has 1 aliphatic rings. The highest BCUT2D eigenvalue weighted by molar-refractivity contribution is 5.94. The predicted molar refractivity (Wildman–Crippen MR) is 107 cm³/mol. The van der Waals surface area contributed by atoms with Crippen molar-refractivity contribution in [2.75, 3.05) is 25.5 Å². The third-order valence-corrected chi connectivity index (χ3v) is 4.95. The van der Waals surface area contributed by atoms with Crippen molar-refractivity contribution in [2.45, 2.75) is 44.9 Å². The maximum Gasteiger partial charge on any atom is 0.224 e. The summed E-state index contributed by atoms with van der Waals surface area (Å²) in [7, 11) is 1.85. The zero-order valence-corrected chi connectivity index (χ0v) is 16.4. The molecule has 1 N–H and O–H groups in total. The average molecular weight is 384 g/mol. The molecule has 1 aromatic carbocycles. The van der Waals surface area contributed by atoms with E-state index in [0.29, 0.717) is 25.9 Å². The minimum absolute atomic E-state index is 0.0439. The molecule has 0 fully saturated rings. The van der Waals surface area contributed by atoms with Gasteiger partial charge in [-0.3, -0.25) is 9.59 Å². The van der Waals surface area contributed by atoms with Crippen molar-refractivity contribution in [3.8, 4) is 5.75 Å². The van der Waals surface area contributed by atoms with Crippen LogP contribution in [0.1, 0.15) is 43.4 Å². The van der Waals surface area contributed by atoms with Crippen molar-refractivity contribution >= 4 is 17.5 Å². The van der Waals surface area contributed by atoms with Gasteiger partial charge in [-0.05, 0) is 49.4 Å². The molecule has 2 aromatic rings. The molecular formula is C22H28N2O4. The van der Waals surface area contributed by atoms with Gasteiger partial charge in [0.2, 0.25) is 11.8 Å². The van der Waals surface area contributed by atoms with E-state index in [1.807, 2.05) is 37.4 Å². The highest BCUT2D eigenvalue weighted by Crippen LogP contribution is 2.27. The number of benzene rings is 1. The number of fused-ring (bicyclic) bond motifs is 1. The van der Waals surface area contributed by atoms with Gasteiger partial charge in [-0.15, -0.1) is 0 Å². The lowest BCUT2D eigenvalue weighted by Crippen LogP contribution is -2.27. The van der Waals surface area contributed by atoms with Gasteiger partial charge in [0.15, 0.2) is 0 Å². The molecule has 3 rings (SSSR count). The van der Waals surface area contributed by atoms with Crippen LogP contribution in [-0.2, 0) is 22.4 Å². The second-order valence-electron chi connectivity index (χ2n) is 7.17. The van der Waals surface area contributed by atoms with Crippen LogP contribution in [0.2, 0.25) is 0 Å². The number of nitrogens with one attached hydrogen (secondary N) is 1. The Bertz CT molecular complexity index is 786. The van der Waals surface area contributed by atoms with Crippen molar-refractivity contribution in [1.29, 1.82) is 0 Å². The number of hydrogen-bond donors (Lipinski definition) is 1. The van der Waals surface area contributed by atoms with E-state index in [0.717, 1.165) is 55.0 Å². The first-order chi connectivity index (χ1) is 13.6. The summed E-state index contributed by atoms with van der Waals surface area (Å²) < 4.78 is 11.1. The number of amides is 2.